The van der Waals surface area contributed by atoms with Crippen LogP contribution in [0.1, 0.15) is 41.5 Å². The second-order valence-corrected chi connectivity index (χ2v) is 7.29. The van der Waals surface area contributed by atoms with E-state index in [2.05, 4.69) is 6.58 Å². The molecule has 9 heteroatoms. The summed E-state index contributed by atoms with van der Waals surface area (Å²) >= 11 is 0. The number of hydrogen-bond acceptors (Lipinski definition) is 8. The summed E-state index contributed by atoms with van der Waals surface area (Å²) in [5, 5.41) is 25.7. The van der Waals surface area contributed by atoms with Crippen molar-refractivity contribution >= 4 is 5.97 Å². The Bertz CT molecular complexity index is 417. The standard InChI is InChI=1S/C18H38O7.C3H4O2/c1-13(20)8-21-15(3)10-23-17(5)12-25-18(6)11-24-16(4)9-22-14(2)7-19;1-2-3(4)5/h13-20H,7-12H2,1-6H3;2H,1H2,(H,4,5). The van der Waals surface area contributed by atoms with Gasteiger partial charge in [-0.1, -0.05) is 6.58 Å². The molecule has 0 spiro atoms. The maximum atomic E-state index is 9.25. The molecule has 0 aliphatic rings. The zero-order chi connectivity index (χ0) is 23.5. The topological polar surface area (TPSA) is 124 Å². The Kier molecular flexibility index (Phi) is 20.6. The van der Waals surface area contributed by atoms with Crippen LogP contribution in [0.3, 0.4) is 0 Å². The van der Waals surface area contributed by atoms with Gasteiger partial charge in [0.25, 0.3) is 0 Å². The molecule has 6 atom stereocenters. The smallest absolute Gasteiger partial charge is 0.327 e. The Morgan fingerprint density at radius 3 is 1.23 bits per heavy atom. The highest BCUT2D eigenvalue weighted by Crippen LogP contribution is 2.03. The van der Waals surface area contributed by atoms with E-state index in [4.69, 9.17) is 33.9 Å². The molecule has 0 rings (SSSR count). The molecule has 180 valence electrons. The molecule has 0 amide bonds. The minimum absolute atomic E-state index is 0.00675. The van der Waals surface area contributed by atoms with E-state index in [1.807, 2.05) is 34.6 Å². The largest absolute Gasteiger partial charge is 0.478 e. The average molecular weight is 439 g/mol. The monoisotopic (exact) mass is 438 g/mol. The van der Waals surface area contributed by atoms with Crippen LogP contribution in [0.15, 0.2) is 12.7 Å². The lowest BCUT2D eigenvalue weighted by Crippen LogP contribution is -2.29. The van der Waals surface area contributed by atoms with Crippen LogP contribution in [0.2, 0.25) is 0 Å². The Balaban J connectivity index is 0. The molecule has 0 aromatic carbocycles. The summed E-state index contributed by atoms with van der Waals surface area (Å²) in [6.07, 6.45) is -0.0344. The van der Waals surface area contributed by atoms with Gasteiger partial charge in [0.05, 0.1) is 76.3 Å². The number of rotatable bonds is 17. The number of carboxylic acids is 1. The molecule has 30 heavy (non-hydrogen) atoms. The van der Waals surface area contributed by atoms with Crippen molar-refractivity contribution in [2.75, 3.05) is 39.6 Å². The fourth-order valence-electron chi connectivity index (χ4n) is 1.75. The average Bonchev–Trinajstić information content (AvgIpc) is 2.71. The first-order chi connectivity index (χ1) is 14.0. The molecule has 0 aliphatic carbocycles. The molecule has 0 aliphatic heterocycles. The molecule has 0 bridgehead atoms. The van der Waals surface area contributed by atoms with Gasteiger partial charge in [0.1, 0.15) is 0 Å². The third-order valence-electron chi connectivity index (χ3n) is 3.52. The fraction of sp³-hybridized carbons (Fsp3) is 0.857. The predicted octanol–water partition coefficient (Wildman–Crippen LogP) is 1.64. The molecule has 0 saturated heterocycles. The first kappa shape index (κ1) is 31.1. The Labute approximate surface area is 180 Å². The maximum Gasteiger partial charge on any atom is 0.327 e. The van der Waals surface area contributed by atoms with E-state index in [1.165, 1.54) is 0 Å². The quantitative estimate of drug-likeness (QED) is 0.291. The van der Waals surface area contributed by atoms with Gasteiger partial charge < -0.3 is 39.0 Å². The van der Waals surface area contributed by atoms with E-state index in [-0.39, 0.29) is 37.1 Å². The lowest BCUT2D eigenvalue weighted by atomic mass is 10.3. The van der Waals surface area contributed by atoms with E-state index >= 15 is 0 Å². The van der Waals surface area contributed by atoms with Crippen LogP contribution in [0.4, 0.5) is 0 Å². The van der Waals surface area contributed by atoms with Crippen molar-refractivity contribution in [1.29, 1.82) is 0 Å². The van der Waals surface area contributed by atoms with Gasteiger partial charge in [0.2, 0.25) is 0 Å². The summed E-state index contributed by atoms with van der Waals surface area (Å²) in [5.41, 5.74) is 0. The molecule has 0 fully saturated rings. The van der Waals surface area contributed by atoms with E-state index < -0.39 is 12.1 Å². The number of ether oxygens (including phenoxy) is 5. The highest BCUT2D eigenvalue weighted by molar-refractivity contribution is 5.78. The van der Waals surface area contributed by atoms with Crippen LogP contribution >= 0.6 is 0 Å². The number of carbonyl (C=O) groups is 1. The summed E-state index contributed by atoms with van der Waals surface area (Å²) < 4.78 is 27.9. The minimum Gasteiger partial charge on any atom is -0.478 e. The summed E-state index contributed by atoms with van der Waals surface area (Å²) in [4.78, 5) is 9.25. The SMILES string of the molecule is C=CC(=O)O.CC(O)COC(C)COC(C)COC(C)COC(C)COC(C)CO. The molecule has 0 aromatic rings. The van der Waals surface area contributed by atoms with Crippen LogP contribution < -0.4 is 0 Å². The lowest BCUT2D eigenvalue weighted by molar-refractivity contribution is -0.131. The first-order valence-electron chi connectivity index (χ1n) is 10.2. The van der Waals surface area contributed by atoms with Gasteiger partial charge in [-0.25, -0.2) is 4.79 Å². The van der Waals surface area contributed by atoms with Crippen molar-refractivity contribution in [2.45, 2.75) is 78.2 Å². The van der Waals surface area contributed by atoms with Gasteiger partial charge in [0, 0.05) is 6.08 Å². The molecule has 9 nitrogen and oxygen atoms in total. The molecule has 0 aromatic heterocycles. The van der Waals surface area contributed by atoms with E-state index in [0.29, 0.717) is 33.0 Å². The van der Waals surface area contributed by atoms with E-state index in [0.717, 1.165) is 6.08 Å². The van der Waals surface area contributed by atoms with Gasteiger partial charge in [-0.05, 0) is 41.5 Å². The maximum absolute atomic E-state index is 9.25. The van der Waals surface area contributed by atoms with Crippen molar-refractivity contribution in [1.82, 2.24) is 0 Å². The number of carboxylic acid groups (broad SMARTS) is 1. The molecule has 0 radical (unpaired) electrons. The van der Waals surface area contributed by atoms with Crippen molar-refractivity contribution in [3.05, 3.63) is 12.7 Å². The zero-order valence-electron chi connectivity index (χ0n) is 19.3. The molecule has 6 unspecified atom stereocenters. The number of hydrogen-bond donors (Lipinski definition) is 3. The van der Waals surface area contributed by atoms with E-state index in [9.17, 15) is 9.90 Å². The van der Waals surface area contributed by atoms with Gasteiger partial charge >= 0.3 is 5.97 Å². The summed E-state index contributed by atoms with van der Waals surface area (Å²) in [5.74, 6) is -0.981. The third kappa shape index (κ3) is 23.2. The van der Waals surface area contributed by atoms with Gasteiger partial charge in [0.15, 0.2) is 0 Å². The Morgan fingerprint density at radius 1 is 0.733 bits per heavy atom. The van der Waals surface area contributed by atoms with Crippen LogP contribution in [-0.2, 0) is 28.5 Å². The molecule has 0 heterocycles. The number of aliphatic hydroxyl groups excluding tert-OH is 2. The summed E-state index contributed by atoms with van der Waals surface area (Å²) in [7, 11) is 0. The van der Waals surface area contributed by atoms with Crippen LogP contribution in [-0.4, -0.2) is 97.6 Å². The van der Waals surface area contributed by atoms with Gasteiger partial charge in [-0.2, -0.15) is 0 Å². The Morgan fingerprint density at radius 2 is 1.00 bits per heavy atom. The zero-order valence-corrected chi connectivity index (χ0v) is 19.3. The second kappa shape index (κ2) is 19.9. The lowest BCUT2D eigenvalue weighted by Gasteiger charge is -2.22. The second-order valence-electron chi connectivity index (χ2n) is 7.29. The number of aliphatic carboxylic acids is 1. The fourth-order valence-corrected chi connectivity index (χ4v) is 1.75. The van der Waals surface area contributed by atoms with Crippen molar-refractivity contribution in [2.24, 2.45) is 0 Å². The number of aliphatic hydroxyl groups is 2. The van der Waals surface area contributed by atoms with Crippen molar-refractivity contribution in [3.8, 4) is 0 Å². The van der Waals surface area contributed by atoms with E-state index in [1.54, 1.807) is 6.92 Å². The summed E-state index contributed by atoms with van der Waals surface area (Å²) in [6.45, 7) is 16.4. The Hall–Kier alpha value is -1.07. The molecule has 3 N–H and O–H groups in total. The van der Waals surface area contributed by atoms with Crippen molar-refractivity contribution < 1.29 is 43.8 Å². The predicted molar refractivity (Wildman–Crippen MR) is 114 cm³/mol. The minimum atomic E-state index is -0.981. The highest BCUT2D eigenvalue weighted by atomic mass is 16.6. The van der Waals surface area contributed by atoms with Gasteiger partial charge in [-0.15, -0.1) is 0 Å². The van der Waals surface area contributed by atoms with Crippen LogP contribution in [0, 0.1) is 0 Å². The highest BCUT2D eigenvalue weighted by Gasteiger charge is 2.12. The first-order valence-corrected chi connectivity index (χ1v) is 10.2. The van der Waals surface area contributed by atoms with Crippen molar-refractivity contribution in [3.63, 3.8) is 0 Å². The third-order valence-corrected chi connectivity index (χ3v) is 3.52. The summed E-state index contributed by atoms with van der Waals surface area (Å²) in [6, 6.07) is 0. The van der Waals surface area contributed by atoms with Crippen LogP contribution in [0.5, 0.6) is 0 Å². The molecular weight excluding hydrogens is 396 g/mol. The normalized spacial score (nSPS) is 17.1. The van der Waals surface area contributed by atoms with Crippen LogP contribution in [0.25, 0.3) is 0 Å². The molecule has 0 saturated carbocycles. The van der Waals surface area contributed by atoms with Gasteiger partial charge in [-0.3, -0.25) is 0 Å². The molecular formula is C21H42O9.